The van der Waals surface area contributed by atoms with Crippen molar-refractivity contribution < 1.29 is 27.9 Å². The monoisotopic (exact) mass is 436 g/mol. The van der Waals surface area contributed by atoms with E-state index < -0.39 is 22.0 Å². The summed E-state index contributed by atoms with van der Waals surface area (Å²) in [5, 5.41) is 13.1. The lowest BCUT2D eigenvalue weighted by molar-refractivity contribution is -0.140. The quantitative estimate of drug-likeness (QED) is 0.689. The number of piperazine rings is 1. The highest BCUT2D eigenvalue weighted by molar-refractivity contribution is 7.89. The topological polar surface area (TPSA) is 122 Å². The molecule has 2 aromatic rings. The van der Waals surface area contributed by atoms with Crippen LogP contribution in [0.3, 0.4) is 0 Å². The molecule has 162 valence electrons. The molecule has 1 N–H and O–H groups in total. The van der Waals surface area contributed by atoms with E-state index in [2.05, 4.69) is 5.10 Å². The zero-order valence-electron chi connectivity index (χ0n) is 16.8. The first kappa shape index (κ1) is 21.8. The number of ether oxygens (including phenoxy) is 1. The van der Waals surface area contributed by atoms with Crippen molar-refractivity contribution in [3.63, 3.8) is 0 Å². The highest BCUT2D eigenvalue weighted by Crippen LogP contribution is 2.21. The van der Waals surface area contributed by atoms with Crippen molar-refractivity contribution in [2.24, 2.45) is 0 Å². The minimum absolute atomic E-state index is 0.130. The predicted octanol–water partition coefficient (Wildman–Crippen LogP) is 1.07. The van der Waals surface area contributed by atoms with E-state index in [-0.39, 0.29) is 42.7 Å². The van der Waals surface area contributed by atoms with Gasteiger partial charge < -0.3 is 14.7 Å². The van der Waals surface area contributed by atoms with Crippen molar-refractivity contribution in [3.05, 3.63) is 42.2 Å². The average Bonchev–Trinajstić information content (AvgIpc) is 3.23. The first-order valence-electron chi connectivity index (χ1n) is 9.54. The molecular weight excluding hydrogens is 412 g/mol. The van der Waals surface area contributed by atoms with E-state index in [0.717, 1.165) is 0 Å². The number of hydrogen-bond donors (Lipinski definition) is 1. The van der Waals surface area contributed by atoms with Crippen molar-refractivity contribution in [2.75, 3.05) is 32.8 Å². The molecule has 2 heterocycles. The van der Waals surface area contributed by atoms with E-state index in [9.17, 15) is 18.0 Å². The van der Waals surface area contributed by atoms with Crippen LogP contribution < -0.4 is 4.74 Å². The number of hydrogen-bond acceptors (Lipinski definition) is 6. The fourth-order valence-corrected chi connectivity index (χ4v) is 4.52. The second-order valence-electron chi connectivity index (χ2n) is 6.80. The maximum atomic E-state index is 12.9. The summed E-state index contributed by atoms with van der Waals surface area (Å²) >= 11 is 0. The number of nitrogens with zero attached hydrogens (tertiary/aromatic N) is 4. The Labute approximate surface area is 174 Å². The number of carbonyl (C=O) groups excluding carboxylic acids is 1. The number of aliphatic carboxylic acids is 1. The van der Waals surface area contributed by atoms with Gasteiger partial charge in [0.1, 0.15) is 17.5 Å². The number of amides is 1. The summed E-state index contributed by atoms with van der Waals surface area (Å²) in [5.74, 6) is -0.807. The molecule has 1 aromatic carbocycles. The number of sulfonamides is 1. The molecule has 1 saturated heterocycles. The van der Waals surface area contributed by atoms with Gasteiger partial charge in [0.05, 0.1) is 11.5 Å². The third-order valence-corrected chi connectivity index (χ3v) is 6.79. The Morgan fingerprint density at radius 2 is 1.77 bits per heavy atom. The first-order chi connectivity index (χ1) is 14.2. The second kappa shape index (κ2) is 8.84. The number of aromatic nitrogens is 2. The molecular formula is C19H24N4O6S. The number of carboxylic acids is 1. The summed E-state index contributed by atoms with van der Waals surface area (Å²) in [4.78, 5) is 25.4. The summed E-state index contributed by atoms with van der Waals surface area (Å²) in [6, 6.07) is 6.82. The van der Waals surface area contributed by atoms with Crippen LogP contribution in [0, 0.1) is 0 Å². The zero-order chi connectivity index (χ0) is 21.9. The van der Waals surface area contributed by atoms with Gasteiger partial charge in [0.2, 0.25) is 10.0 Å². The Kier molecular flexibility index (Phi) is 6.42. The second-order valence-corrected chi connectivity index (χ2v) is 8.73. The molecule has 0 saturated carbocycles. The van der Waals surface area contributed by atoms with Gasteiger partial charge in [-0.15, -0.1) is 0 Å². The van der Waals surface area contributed by atoms with Gasteiger partial charge in [-0.1, -0.05) is 0 Å². The van der Waals surface area contributed by atoms with Gasteiger partial charge >= 0.3 is 5.97 Å². The molecule has 3 rings (SSSR count). The molecule has 1 aliphatic rings. The lowest BCUT2D eigenvalue weighted by Crippen LogP contribution is -2.50. The Morgan fingerprint density at radius 1 is 1.13 bits per heavy atom. The Balaban J connectivity index is 1.64. The summed E-state index contributed by atoms with van der Waals surface area (Å²) < 4.78 is 33.6. The fourth-order valence-electron chi connectivity index (χ4n) is 3.10. The minimum Gasteiger partial charge on any atom is -0.494 e. The average molecular weight is 436 g/mol. The summed E-state index contributed by atoms with van der Waals surface area (Å²) in [7, 11) is -3.67. The molecule has 1 unspecified atom stereocenters. The van der Waals surface area contributed by atoms with E-state index in [4.69, 9.17) is 9.84 Å². The molecule has 1 fully saturated rings. The molecule has 1 aromatic heterocycles. The number of rotatable bonds is 7. The van der Waals surface area contributed by atoms with Gasteiger partial charge in [-0.2, -0.15) is 9.40 Å². The van der Waals surface area contributed by atoms with Crippen molar-refractivity contribution in [2.45, 2.75) is 24.8 Å². The summed E-state index contributed by atoms with van der Waals surface area (Å²) in [5.41, 5.74) is 0.130. The number of carbonyl (C=O) groups is 2. The van der Waals surface area contributed by atoms with Crippen LogP contribution in [0.15, 0.2) is 41.4 Å². The summed E-state index contributed by atoms with van der Waals surface area (Å²) in [6.07, 6.45) is 1.44. The third kappa shape index (κ3) is 4.46. The number of carboxylic acid groups (broad SMARTS) is 1. The van der Waals surface area contributed by atoms with Crippen molar-refractivity contribution >= 4 is 21.9 Å². The SMILES string of the molecule is CCOc1ccc(S(=O)(=O)N2CCN(C(=O)c3ccn(C(C)C(=O)O)n3)CC2)cc1. The molecule has 0 spiro atoms. The molecule has 30 heavy (non-hydrogen) atoms. The van der Waals surface area contributed by atoms with Crippen LogP contribution in [0.5, 0.6) is 5.75 Å². The van der Waals surface area contributed by atoms with Gasteiger partial charge in [0.15, 0.2) is 0 Å². The van der Waals surface area contributed by atoms with Crippen molar-refractivity contribution in [1.82, 2.24) is 19.0 Å². The predicted molar refractivity (Wildman–Crippen MR) is 107 cm³/mol. The van der Waals surface area contributed by atoms with Crippen LogP contribution in [0.1, 0.15) is 30.4 Å². The minimum atomic E-state index is -3.67. The van der Waals surface area contributed by atoms with Gasteiger partial charge in [-0.05, 0) is 44.2 Å². The molecule has 1 aliphatic heterocycles. The molecule has 10 nitrogen and oxygen atoms in total. The van der Waals surface area contributed by atoms with E-state index in [1.807, 2.05) is 6.92 Å². The Bertz CT molecular complexity index is 1010. The molecule has 0 aliphatic carbocycles. The van der Waals surface area contributed by atoms with Crippen LogP contribution >= 0.6 is 0 Å². The Hall–Kier alpha value is -2.92. The molecule has 1 amide bonds. The zero-order valence-corrected chi connectivity index (χ0v) is 17.6. The lowest BCUT2D eigenvalue weighted by Gasteiger charge is -2.33. The van der Waals surface area contributed by atoms with E-state index in [1.54, 1.807) is 12.1 Å². The van der Waals surface area contributed by atoms with E-state index in [0.29, 0.717) is 12.4 Å². The Morgan fingerprint density at radius 3 is 2.33 bits per heavy atom. The van der Waals surface area contributed by atoms with Crippen molar-refractivity contribution in [1.29, 1.82) is 0 Å². The van der Waals surface area contributed by atoms with Crippen LogP contribution in [0.2, 0.25) is 0 Å². The van der Waals surface area contributed by atoms with Gasteiger partial charge in [-0.25, -0.2) is 13.2 Å². The summed E-state index contributed by atoms with van der Waals surface area (Å²) in [6.45, 7) is 4.57. The molecule has 11 heteroatoms. The third-order valence-electron chi connectivity index (χ3n) is 4.88. The van der Waals surface area contributed by atoms with E-state index >= 15 is 0 Å². The van der Waals surface area contributed by atoms with Crippen LogP contribution in [0.25, 0.3) is 0 Å². The highest BCUT2D eigenvalue weighted by atomic mass is 32.2. The van der Waals surface area contributed by atoms with Gasteiger partial charge in [-0.3, -0.25) is 9.48 Å². The largest absolute Gasteiger partial charge is 0.494 e. The normalized spacial score (nSPS) is 16.3. The first-order valence-corrected chi connectivity index (χ1v) is 11.0. The standard InChI is InChI=1S/C19H24N4O6S/c1-3-29-15-4-6-16(7-5-15)30(27,28)22-12-10-21(11-13-22)18(24)17-8-9-23(20-17)14(2)19(25)26/h4-9,14H,3,10-13H2,1-2H3,(H,25,26). The van der Waals surface area contributed by atoms with Crippen LogP contribution in [-0.4, -0.2) is 77.2 Å². The lowest BCUT2D eigenvalue weighted by atomic mass is 10.3. The smallest absolute Gasteiger partial charge is 0.328 e. The van der Waals surface area contributed by atoms with Gasteiger partial charge in [0.25, 0.3) is 5.91 Å². The maximum Gasteiger partial charge on any atom is 0.328 e. The fraction of sp³-hybridized carbons (Fsp3) is 0.421. The molecule has 0 bridgehead atoms. The van der Waals surface area contributed by atoms with Gasteiger partial charge in [0, 0.05) is 32.4 Å². The van der Waals surface area contributed by atoms with Crippen molar-refractivity contribution in [3.8, 4) is 5.75 Å². The highest BCUT2D eigenvalue weighted by Gasteiger charge is 2.31. The molecule has 1 atom stereocenters. The number of benzene rings is 1. The van der Waals surface area contributed by atoms with Crippen LogP contribution in [-0.2, 0) is 14.8 Å². The van der Waals surface area contributed by atoms with Crippen LogP contribution in [0.4, 0.5) is 0 Å². The maximum absolute atomic E-state index is 12.9. The molecule has 0 radical (unpaired) electrons. The van der Waals surface area contributed by atoms with E-state index in [1.165, 1.54) is 45.2 Å².